The zero-order valence-corrected chi connectivity index (χ0v) is 9.36. The van der Waals surface area contributed by atoms with E-state index >= 15 is 0 Å². The topological polar surface area (TPSA) is 59.9 Å². The number of nitriles is 1. The summed E-state index contributed by atoms with van der Waals surface area (Å²) in [5.74, 6) is 0.427. The molecule has 16 heavy (non-hydrogen) atoms. The average molecular weight is 217 g/mol. The van der Waals surface area contributed by atoms with Crippen molar-refractivity contribution >= 4 is 0 Å². The first-order valence-corrected chi connectivity index (χ1v) is 5.52. The third-order valence-electron chi connectivity index (χ3n) is 3.21. The first kappa shape index (κ1) is 10.9. The number of nitrogens with one attached hydrogen (secondary N) is 1. The van der Waals surface area contributed by atoms with Crippen molar-refractivity contribution in [3.05, 3.63) is 33.7 Å². The molecule has 1 aliphatic rings. The molecular weight excluding hydrogens is 202 g/mol. The van der Waals surface area contributed by atoms with Crippen LogP contribution in [0.3, 0.4) is 0 Å². The van der Waals surface area contributed by atoms with Gasteiger partial charge in [0.25, 0.3) is 5.56 Å². The summed E-state index contributed by atoms with van der Waals surface area (Å²) in [4.78, 5) is 16.6. The van der Waals surface area contributed by atoms with Gasteiger partial charge in [-0.25, -0.2) is 0 Å². The molecule has 1 N–H and O–H groups in total. The van der Waals surface area contributed by atoms with Gasteiger partial charge in [0.2, 0.25) is 0 Å². The maximum Gasteiger partial charge on any atom is 0.266 e. The van der Waals surface area contributed by atoms with E-state index in [2.05, 4.69) is 16.9 Å². The second-order valence-corrected chi connectivity index (χ2v) is 4.35. The van der Waals surface area contributed by atoms with Gasteiger partial charge in [0.05, 0.1) is 0 Å². The first-order chi connectivity index (χ1) is 7.70. The molecule has 1 aliphatic heterocycles. The highest BCUT2D eigenvalue weighted by molar-refractivity contribution is 5.27. The molecule has 0 amide bonds. The highest BCUT2D eigenvalue weighted by atomic mass is 16.1. The van der Waals surface area contributed by atoms with Crippen molar-refractivity contribution in [2.24, 2.45) is 0 Å². The Kier molecular flexibility index (Phi) is 3.07. The van der Waals surface area contributed by atoms with Gasteiger partial charge in [0.15, 0.2) is 0 Å². The summed E-state index contributed by atoms with van der Waals surface area (Å²) in [6, 6.07) is 5.37. The Morgan fingerprint density at radius 2 is 2.12 bits per heavy atom. The Labute approximate surface area is 94.5 Å². The monoisotopic (exact) mass is 217 g/mol. The molecule has 1 aromatic rings. The lowest BCUT2D eigenvalue weighted by molar-refractivity contribution is 0.253. The van der Waals surface area contributed by atoms with Gasteiger partial charge < -0.3 is 9.88 Å². The van der Waals surface area contributed by atoms with E-state index in [9.17, 15) is 4.79 Å². The van der Waals surface area contributed by atoms with Crippen LogP contribution in [0, 0.1) is 11.3 Å². The van der Waals surface area contributed by atoms with Crippen molar-refractivity contribution in [1.82, 2.24) is 9.88 Å². The molecule has 1 aromatic heterocycles. The van der Waals surface area contributed by atoms with Crippen LogP contribution in [0.4, 0.5) is 0 Å². The Morgan fingerprint density at radius 3 is 2.69 bits per heavy atom. The van der Waals surface area contributed by atoms with Crippen LogP contribution in [0.2, 0.25) is 0 Å². The standard InChI is InChI=1S/C12H15N3O/c1-15-6-4-9(5-7-15)11-3-2-10(8-13)12(16)14-11/h2-3,9H,4-7H2,1H3,(H,14,16). The zero-order chi connectivity index (χ0) is 11.5. The molecule has 1 saturated heterocycles. The molecule has 0 unspecified atom stereocenters. The van der Waals surface area contributed by atoms with E-state index in [0.29, 0.717) is 5.92 Å². The predicted molar refractivity (Wildman–Crippen MR) is 61.2 cm³/mol. The van der Waals surface area contributed by atoms with Crippen LogP contribution in [-0.4, -0.2) is 30.0 Å². The summed E-state index contributed by atoms with van der Waals surface area (Å²) in [5, 5.41) is 8.68. The first-order valence-electron chi connectivity index (χ1n) is 5.52. The molecule has 4 nitrogen and oxygen atoms in total. The largest absolute Gasteiger partial charge is 0.325 e. The summed E-state index contributed by atoms with van der Waals surface area (Å²) in [5.41, 5.74) is 0.896. The Morgan fingerprint density at radius 1 is 1.44 bits per heavy atom. The van der Waals surface area contributed by atoms with Crippen LogP contribution in [0.15, 0.2) is 16.9 Å². The summed E-state index contributed by atoms with van der Waals surface area (Å²) in [7, 11) is 2.11. The lowest BCUT2D eigenvalue weighted by Gasteiger charge is -2.28. The van der Waals surface area contributed by atoms with Gasteiger partial charge in [-0.1, -0.05) is 0 Å². The summed E-state index contributed by atoms with van der Waals surface area (Å²) < 4.78 is 0. The number of nitrogens with zero attached hydrogens (tertiary/aromatic N) is 2. The molecule has 84 valence electrons. The lowest BCUT2D eigenvalue weighted by atomic mass is 9.93. The third-order valence-corrected chi connectivity index (χ3v) is 3.21. The van der Waals surface area contributed by atoms with Gasteiger partial charge in [0.1, 0.15) is 11.6 Å². The molecule has 1 fully saturated rings. The van der Waals surface area contributed by atoms with Gasteiger partial charge in [-0.05, 0) is 45.1 Å². The number of piperidine rings is 1. The number of H-pyrrole nitrogens is 1. The van der Waals surface area contributed by atoms with Gasteiger partial charge in [-0.2, -0.15) is 5.26 Å². The van der Waals surface area contributed by atoms with E-state index in [0.717, 1.165) is 31.6 Å². The number of rotatable bonds is 1. The van der Waals surface area contributed by atoms with Gasteiger partial charge >= 0.3 is 0 Å². The molecule has 0 atom stereocenters. The SMILES string of the molecule is CN1CCC(c2ccc(C#N)c(=O)[nH]2)CC1. The van der Waals surface area contributed by atoms with Gasteiger partial charge in [-0.15, -0.1) is 0 Å². The van der Waals surface area contributed by atoms with E-state index in [4.69, 9.17) is 5.26 Å². The second-order valence-electron chi connectivity index (χ2n) is 4.35. The Hall–Kier alpha value is -1.60. The van der Waals surface area contributed by atoms with Crippen molar-refractivity contribution < 1.29 is 0 Å². The minimum absolute atomic E-state index is 0.191. The van der Waals surface area contributed by atoms with Crippen molar-refractivity contribution in [3.63, 3.8) is 0 Å². The number of hydrogen-bond acceptors (Lipinski definition) is 3. The van der Waals surface area contributed by atoms with E-state index in [1.807, 2.05) is 12.1 Å². The van der Waals surface area contributed by atoms with Crippen molar-refractivity contribution in [2.75, 3.05) is 20.1 Å². The van der Waals surface area contributed by atoms with E-state index < -0.39 is 0 Å². The average Bonchev–Trinajstić information content (AvgIpc) is 2.30. The molecule has 2 heterocycles. The van der Waals surface area contributed by atoms with Crippen molar-refractivity contribution in [1.29, 1.82) is 5.26 Å². The van der Waals surface area contributed by atoms with Crippen molar-refractivity contribution in [3.8, 4) is 6.07 Å². The minimum Gasteiger partial charge on any atom is -0.325 e. The van der Waals surface area contributed by atoms with Crippen LogP contribution in [0.25, 0.3) is 0 Å². The number of aromatic amines is 1. The summed E-state index contributed by atoms with van der Waals surface area (Å²) in [6.45, 7) is 2.12. The van der Waals surface area contributed by atoms with Crippen LogP contribution in [-0.2, 0) is 0 Å². The fourth-order valence-corrected chi connectivity index (χ4v) is 2.13. The number of likely N-dealkylation sites (tertiary alicyclic amines) is 1. The predicted octanol–water partition coefficient (Wildman–Crippen LogP) is 1.06. The van der Waals surface area contributed by atoms with E-state index in [-0.39, 0.29) is 11.1 Å². The highest BCUT2D eigenvalue weighted by Gasteiger charge is 2.19. The highest BCUT2D eigenvalue weighted by Crippen LogP contribution is 2.25. The maximum atomic E-state index is 11.5. The van der Waals surface area contributed by atoms with Gasteiger partial charge in [-0.3, -0.25) is 4.79 Å². The van der Waals surface area contributed by atoms with Crippen LogP contribution < -0.4 is 5.56 Å². The Balaban J connectivity index is 2.19. The molecular formula is C12H15N3O. The summed E-state index contributed by atoms with van der Waals surface area (Å²) in [6.07, 6.45) is 2.14. The maximum absolute atomic E-state index is 11.5. The Bertz CT molecular complexity index is 464. The zero-order valence-electron chi connectivity index (χ0n) is 9.36. The van der Waals surface area contributed by atoms with Crippen molar-refractivity contribution in [2.45, 2.75) is 18.8 Å². The number of aromatic nitrogens is 1. The quantitative estimate of drug-likeness (QED) is 0.765. The molecule has 0 radical (unpaired) electrons. The molecule has 0 spiro atoms. The number of pyridine rings is 1. The molecule has 4 heteroatoms. The molecule has 0 aliphatic carbocycles. The smallest absolute Gasteiger partial charge is 0.266 e. The van der Waals surface area contributed by atoms with Crippen LogP contribution in [0.5, 0.6) is 0 Å². The second kappa shape index (κ2) is 4.50. The molecule has 0 bridgehead atoms. The van der Waals surface area contributed by atoms with E-state index in [1.165, 1.54) is 0 Å². The molecule has 0 saturated carbocycles. The normalized spacial score (nSPS) is 18.2. The van der Waals surface area contributed by atoms with E-state index in [1.54, 1.807) is 6.07 Å². The summed E-state index contributed by atoms with van der Waals surface area (Å²) >= 11 is 0. The fourth-order valence-electron chi connectivity index (χ4n) is 2.13. The minimum atomic E-state index is -0.265. The molecule has 2 rings (SSSR count). The third kappa shape index (κ3) is 2.15. The van der Waals surface area contributed by atoms with Crippen LogP contribution in [0.1, 0.15) is 30.0 Å². The van der Waals surface area contributed by atoms with Gasteiger partial charge in [0, 0.05) is 11.6 Å². The number of hydrogen-bond donors (Lipinski definition) is 1. The van der Waals surface area contributed by atoms with Crippen LogP contribution >= 0.6 is 0 Å². The lowest BCUT2D eigenvalue weighted by Crippen LogP contribution is -2.30. The fraction of sp³-hybridized carbons (Fsp3) is 0.500. The molecule has 0 aromatic carbocycles.